The van der Waals surface area contributed by atoms with Crippen LogP contribution in [0.25, 0.3) is 11.1 Å². The highest BCUT2D eigenvalue weighted by Gasteiger charge is 2.51. The van der Waals surface area contributed by atoms with Crippen molar-refractivity contribution in [1.29, 1.82) is 0 Å². The van der Waals surface area contributed by atoms with E-state index in [1.54, 1.807) is 16.4 Å². The van der Waals surface area contributed by atoms with Gasteiger partial charge >= 0.3 is 0 Å². The third-order valence-corrected chi connectivity index (χ3v) is 9.64. The molecule has 1 saturated heterocycles. The molecule has 8 heteroatoms. The maximum atomic E-state index is 13.4. The molecule has 1 N–H and O–H groups in total. The van der Waals surface area contributed by atoms with Crippen molar-refractivity contribution in [3.63, 3.8) is 0 Å². The van der Waals surface area contributed by atoms with Crippen LogP contribution in [0.2, 0.25) is 0 Å². The predicted octanol–water partition coefficient (Wildman–Crippen LogP) is 5.24. The van der Waals surface area contributed by atoms with Gasteiger partial charge in [-0.25, -0.2) is 8.42 Å². The molecule has 0 spiro atoms. The first-order valence-electron chi connectivity index (χ1n) is 12.8. The van der Waals surface area contributed by atoms with Gasteiger partial charge in [-0.1, -0.05) is 30.7 Å². The van der Waals surface area contributed by atoms with E-state index in [9.17, 15) is 13.2 Å². The van der Waals surface area contributed by atoms with E-state index < -0.39 is 15.4 Å². The molecule has 1 amide bonds. The number of piperidine rings is 1. The van der Waals surface area contributed by atoms with Gasteiger partial charge in [-0.05, 0) is 91.3 Å². The van der Waals surface area contributed by atoms with Crippen molar-refractivity contribution in [2.45, 2.75) is 49.3 Å². The molecule has 0 bridgehead atoms. The summed E-state index contributed by atoms with van der Waals surface area (Å²) in [6, 6.07) is 18.6. The molecule has 3 aliphatic rings. The Morgan fingerprint density at radius 3 is 2.35 bits per heavy atom. The molecule has 0 radical (unpaired) electrons. The first kappa shape index (κ1) is 24.0. The summed E-state index contributed by atoms with van der Waals surface area (Å²) in [7, 11) is -3.48. The average molecular weight is 519 g/mol. The number of carbonyl (C=O) groups excluding carboxylic acids is 1. The van der Waals surface area contributed by atoms with Crippen LogP contribution in [0.15, 0.2) is 65.6 Å². The number of hydrogen-bond acceptors (Lipinski definition) is 5. The fraction of sp³-hybridized carbons (Fsp3) is 0.345. The van der Waals surface area contributed by atoms with Crippen molar-refractivity contribution in [2.75, 3.05) is 25.2 Å². The highest BCUT2D eigenvalue weighted by molar-refractivity contribution is 7.89. The van der Waals surface area contributed by atoms with Gasteiger partial charge in [0.2, 0.25) is 22.7 Å². The maximum Gasteiger partial charge on any atom is 0.243 e. The van der Waals surface area contributed by atoms with Crippen molar-refractivity contribution in [3.8, 4) is 22.6 Å². The Kier molecular flexibility index (Phi) is 5.96. The highest BCUT2D eigenvalue weighted by Crippen LogP contribution is 2.51. The average Bonchev–Trinajstić information content (AvgIpc) is 3.61. The second-order valence-electron chi connectivity index (χ2n) is 10.1. The number of anilines is 1. The molecule has 192 valence electrons. The first-order valence-corrected chi connectivity index (χ1v) is 14.2. The number of nitrogens with zero attached hydrogens (tertiary/aromatic N) is 1. The molecule has 3 aromatic rings. The highest BCUT2D eigenvalue weighted by atomic mass is 32.2. The summed E-state index contributed by atoms with van der Waals surface area (Å²) >= 11 is 0. The topological polar surface area (TPSA) is 84.9 Å². The van der Waals surface area contributed by atoms with Crippen LogP contribution in [-0.2, 0) is 20.2 Å². The van der Waals surface area contributed by atoms with E-state index in [0.717, 1.165) is 54.4 Å². The molecule has 1 aliphatic carbocycles. The lowest BCUT2D eigenvalue weighted by molar-refractivity contribution is -0.118. The van der Waals surface area contributed by atoms with E-state index in [2.05, 4.69) is 5.32 Å². The zero-order valence-corrected chi connectivity index (χ0v) is 21.6. The van der Waals surface area contributed by atoms with Gasteiger partial charge in [0.15, 0.2) is 11.5 Å². The monoisotopic (exact) mass is 518 g/mol. The van der Waals surface area contributed by atoms with Gasteiger partial charge in [-0.3, -0.25) is 4.79 Å². The molecular weight excluding hydrogens is 488 g/mol. The van der Waals surface area contributed by atoms with Crippen LogP contribution in [-0.4, -0.2) is 38.5 Å². The van der Waals surface area contributed by atoms with Gasteiger partial charge in [0.25, 0.3) is 0 Å². The standard InChI is InChI=1S/C29H30N2O5S/c1-20-5-9-23(30-28(32)29(13-14-29)22-8-12-26-27(17-22)36-19-35-26)18-25(20)21-6-10-24(11-7-21)37(33,34)31-15-3-2-4-16-31/h5-12,17-18H,2-4,13-16,19H2,1H3,(H,30,32). The van der Waals surface area contributed by atoms with E-state index in [1.165, 1.54) is 0 Å². The second-order valence-corrected chi connectivity index (χ2v) is 12.1. The van der Waals surface area contributed by atoms with E-state index in [4.69, 9.17) is 9.47 Å². The van der Waals surface area contributed by atoms with Crippen LogP contribution in [0.5, 0.6) is 11.5 Å². The Labute approximate surface area is 217 Å². The van der Waals surface area contributed by atoms with E-state index in [1.807, 2.05) is 55.5 Å². The smallest absolute Gasteiger partial charge is 0.243 e. The number of fused-ring (bicyclic) bond motifs is 1. The Hall–Kier alpha value is -3.36. The van der Waals surface area contributed by atoms with E-state index in [0.29, 0.717) is 35.2 Å². The molecule has 3 aromatic carbocycles. The summed E-state index contributed by atoms with van der Waals surface area (Å²) in [4.78, 5) is 13.7. The normalized spacial score (nSPS) is 18.4. The minimum absolute atomic E-state index is 0.0378. The zero-order valence-electron chi connectivity index (χ0n) is 20.8. The molecular formula is C29H30N2O5S. The summed E-state index contributed by atoms with van der Waals surface area (Å²) in [5, 5.41) is 3.11. The number of sulfonamides is 1. The van der Waals surface area contributed by atoms with Crippen LogP contribution < -0.4 is 14.8 Å². The Morgan fingerprint density at radius 2 is 1.62 bits per heavy atom. The lowest BCUT2D eigenvalue weighted by Gasteiger charge is -2.26. The van der Waals surface area contributed by atoms with Crippen LogP contribution in [0.4, 0.5) is 5.69 Å². The Morgan fingerprint density at radius 1 is 0.892 bits per heavy atom. The summed E-state index contributed by atoms with van der Waals surface area (Å²) in [5.74, 6) is 1.35. The molecule has 37 heavy (non-hydrogen) atoms. The fourth-order valence-corrected chi connectivity index (χ4v) is 6.81. The molecule has 0 atom stereocenters. The number of benzene rings is 3. The summed E-state index contributed by atoms with van der Waals surface area (Å²) in [6.45, 7) is 3.38. The number of rotatable bonds is 6. The maximum absolute atomic E-state index is 13.4. The molecule has 7 nitrogen and oxygen atoms in total. The van der Waals surface area contributed by atoms with Crippen molar-refractivity contribution in [1.82, 2.24) is 4.31 Å². The second kappa shape index (κ2) is 9.19. The zero-order chi connectivity index (χ0) is 25.6. The summed E-state index contributed by atoms with van der Waals surface area (Å²) in [5.41, 5.74) is 3.99. The summed E-state index contributed by atoms with van der Waals surface area (Å²) in [6.07, 6.45) is 4.46. The molecule has 2 fully saturated rings. The number of carbonyl (C=O) groups is 1. The van der Waals surface area contributed by atoms with Gasteiger partial charge in [-0.15, -0.1) is 0 Å². The van der Waals surface area contributed by atoms with Gasteiger partial charge in [-0.2, -0.15) is 4.31 Å². The molecule has 0 unspecified atom stereocenters. The third kappa shape index (κ3) is 4.38. The van der Waals surface area contributed by atoms with Crippen molar-refractivity contribution < 1.29 is 22.7 Å². The van der Waals surface area contributed by atoms with E-state index in [-0.39, 0.29) is 12.7 Å². The Bertz CT molecular complexity index is 1460. The van der Waals surface area contributed by atoms with Gasteiger partial charge in [0.05, 0.1) is 10.3 Å². The Balaban J connectivity index is 1.22. The lowest BCUT2D eigenvalue weighted by atomic mass is 9.94. The largest absolute Gasteiger partial charge is 0.454 e. The predicted molar refractivity (Wildman–Crippen MR) is 141 cm³/mol. The number of nitrogens with one attached hydrogen (secondary N) is 1. The molecule has 0 aromatic heterocycles. The lowest BCUT2D eigenvalue weighted by Crippen LogP contribution is -2.35. The van der Waals surface area contributed by atoms with Crippen LogP contribution in [0, 0.1) is 6.92 Å². The number of aryl methyl sites for hydroxylation is 1. The molecule has 6 rings (SSSR count). The fourth-order valence-electron chi connectivity index (χ4n) is 5.29. The summed E-state index contributed by atoms with van der Waals surface area (Å²) < 4.78 is 38.5. The minimum atomic E-state index is -3.48. The van der Waals surface area contributed by atoms with Crippen molar-refractivity contribution >= 4 is 21.6 Å². The third-order valence-electron chi connectivity index (χ3n) is 7.72. The van der Waals surface area contributed by atoms with Crippen LogP contribution >= 0.6 is 0 Å². The number of hydrogen-bond donors (Lipinski definition) is 1. The minimum Gasteiger partial charge on any atom is -0.454 e. The van der Waals surface area contributed by atoms with Crippen LogP contribution in [0.3, 0.4) is 0 Å². The van der Waals surface area contributed by atoms with Gasteiger partial charge in [0.1, 0.15) is 0 Å². The molecule has 2 heterocycles. The number of amides is 1. The van der Waals surface area contributed by atoms with Crippen molar-refractivity contribution in [3.05, 3.63) is 71.8 Å². The van der Waals surface area contributed by atoms with Crippen LogP contribution in [0.1, 0.15) is 43.2 Å². The molecule has 2 aliphatic heterocycles. The van der Waals surface area contributed by atoms with Gasteiger partial charge < -0.3 is 14.8 Å². The number of ether oxygens (including phenoxy) is 2. The SMILES string of the molecule is Cc1ccc(NC(=O)C2(c3ccc4c(c3)OCO4)CC2)cc1-c1ccc(S(=O)(=O)N2CCCCC2)cc1. The van der Waals surface area contributed by atoms with E-state index >= 15 is 0 Å². The quantitative estimate of drug-likeness (QED) is 0.483. The first-order chi connectivity index (χ1) is 17.9. The molecule has 1 saturated carbocycles. The van der Waals surface area contributed by atoms with Gasteiger partial charge in [0, 0.05) is 18.8 Å². The van der Waals surface area contributed by atoms with Crippen molar-refractivity contribution in [2.24, 2.45) is 0 Å².